The van der Waals surface area contributed by atoms with E-state index in [9.17, 15) is 0 Å². The van der Waals surface area contributed by atoms with Crippen LogP contribution >= 0.6 is 0 Å². The molecule has 1 fully saturated rings. The molecule has 1 aliphatic heterocycles. The van der Waals surface area contributed by atoms with Crippen LogP contribution in [0.4, 0.5) is 5.95 Å². The Bertz CT molecular complexity index is 366. The van der Waals surface area contributed by atoms with Crippen LogP contribution in [0.25, 0.3) is 0 Å². The van der Waals surface area contributed by atoms with Crippen molar-refractivity contribution in [2.75, 3.05) is 25.0 Å². The van der Waals surface area contributed by atoms with Crippen LogP contribution in [0.2, 0.25) is 0 Å². The third-order valence-corrected chi connectivity index (χ3v) is 3.66. The van der Waals surface area contributed by atoms with Gasteiger partial charge in [0.05, 0.1) is 5.69 Å². The first-order valence-corrected chi connectivity index (χ1v) is 7.22. The van der Waals surface area contributed by atoms with Crippen LogP contribution in [-0.2, 0) is 6.54 Å². The average molecular weight is 250 g/mol. The van der Waals surface area contributed by atoms with E-state index in [0.717, 1.165) is 31.2 Å². The molecule has 0 spiro atoms. The Hall–Kier alpha value is -1.03. The van der Waals surface area contributed by atoms with Crippen molar-refractivity contribution < 1.29 is 0 Å². The van der Waals surface area contributed by atoms with E-state index in [1.165, 1.54) is 25.9 Å². The molecule has 1 atom stereocenters. The van der Waals surface area contributed by atoms with Gasteiger partial charge in [0.25, 0.3) is 0 Å². The van der Waals surface area contributed by atoms with E-state index in [1.54, 1.807) is 0 Å². The largest absolute Gasteiger partial charge is 0.356 e. The third-order valence-electron chi connectivity index (χ3n) is 3.66. The minimum Gasteiger partial charge on any atom is -0.356 e. The minimum atomic E-state index is 0.600. The Morgan fingerprint density at radius 1 is 1.39 bits per heavy atom. The van der Waals surface area contributed by atoms with Crippen LogP contribution in [0.15, 0.2) is 6.20 Å². The van der Waals surface area contributed by atoms with Gasteiger partial charge in [-0.2, -0.15) is 0 Å². The maximum Gasteiger partial charge on any atom is 0.203 e. The van der Waals surface area contributed by atoms with Gasteiger partial charge in [-0.15, -0.1) is 0 Å². The van der Waals surface area contributed by atoms with Crippen LogP contribution in [-0.4, -0.2) is 40.1 Å². The zero-order valence-electron chi connectivity index (χ0n) is 11.9. The Morgan fingerprint density at radius 3 is 2.78 bits per heavy atom. The number of nitrogens with one attached hydrogen (secondary N) is 1. The zero-order valence-corrected chi connectivity index (χ0v) is 11.9. The van der Waals surface area contributed by atoms with E-state index in [1.807, 2.05) is 0 Å². The first-order chi connectivity index (χ1) is 8.70. The summed E-state index contributed by atoms with van der Waals surface area (Å²) in [6.07, 6.45) is 6.00. The van der Waals surface area contributed by atoms with Gasteiger partial charge in [-0.3, -0.25) is 4.90 Å². The fourth-order valence-corrected chi connectivity index (χ4v) is 2.65. The van der Waals surface area contributed by atoms with Crippen LogP contribution in [0.3, 0.4) is 0 Å². The van der Waals surface area contributed by atoms with E-state index in [4.69, 9.17) is 0 Å². The zero-order chi connectivity index (χ0) is 13.0. The second-order valence-corrected chi connectivity index (χ2v) is 5.38. The minimum absolute atomic E-state index is 0.600. The summed E-state index contributed by atoms with van der Waals surface area (Å²) in [5.41, 5.74) is 1.10. The molecule has 2 heterocycles. The number of nitrogens with zero attached hydrogens (tertiary/aromatic N) is 3. The molecule has 0 radical (unpaired) electrons. The first kappa shape index (κ1) is 13.4. The molecule has 4 heteroatoms. The number of rotatable bonds is 6. The number of aromatic nitrogens is 2. The summed E-state index contributed by atoms with van der Waals surface area (Å²) in [4.78, 5) is 7.14. The van der Waals surface area contributed by atoms with Gasteiger partial charge in [-0.05, 0) is 46.2 Å². The molecule has 18 heavy (non-hydrogen) atoms. The summed E-state index contributed by atoms with van der Waals surface area (Å²) in [6.45, 7) is 11.1. The van der Waals surface area contributed by atoms with Crippen molar-refractivity contribution in [2.24, 2.45) is 0 Å². The number of imidazole rings is 1. The number of hydrogen-bond donors (Lipinski definition) is 1. The van der Waals surface area contributed by atoms with Gasteiger partial charge in [0.2, 0.25) is 5.95 Å². The molecular weight excluding hydrogens is 224 g/mol. The van der Waals surface area contributed by atoms with E-state index in [0.29, 0.717) is 6.04 Å². The SMILES string of the molecule is CCCNc1nc(C)cn1CC(C)N1CCCC1. The molecule has 0 saturated carbocycles. The summed E-state index contributed by atoms with van der Waals surface area (Å²) in [5.74, 6) is 1.03. The van der Waals surface area contributed by atoms with Crippen LogP contribution in [0.1, 0.15) is 38.8 Å². The Kier molecular flexibility index (Phi) is 4.64. The van der Waals surface area contributed by atoms with Crippen LogP contribution in [0.5, 0.6) is 0 Å². The molecule has 1 N–H and O–H groups in total. The predicted molar refractivity (Wildman–Crippen MR) is 76.0 cm³/mol. The third kappa shape index (κ3) is 3.25. The van der Waals surface area contributed by atoms with Gasteiger partial charge in [-0.1, -0.05) is 6.92 Å². The molecule has 1 aliphatic rings. The highest BCUT2D eigenvalue weighted by atomic mass is 15.2. The van der Waals surface area contributed by atoms with Gasteiger partial charge < -0.3 is 9.88 Å². The molecule has 2 rings (SSSR count). The molecule has 4 nitrogen and oxygen atoms in total. The van der Waals surface area contributed by atoms with E-state index in [2.05, 4.69) is 46.7 Å². The fraction of sp³-hybridized carbons (Fsp3) is 0.786. The lowest BCUT2D eigenvalue weighted by molar-refractivity contribution is 0.236. The van der Waals surface area contributed by atoms with Crippen molar-refractivity contribution in [1.29, 1.82) is 0 Å². The van der Waals surface area contributed by atoms with Gasteiger partial charge in [0.1, 0.15) is 0 Å². The molecule has 1 aromatic rings. The van der Waals surface area contributed by atoms with Crippen LogP contribution < -0.4 is 5.32 Å². The normalized spacial score (nSPS) is 18.2. The van der Waals surface area contributed by atoms with Crippen molar-refractivity contribution in [3.8, 4) is 0 Å². The van der Waals surface area contributed by atoms with Crippen molar-refractivity contribution in [3.05, 3.63) is 11.9 Å². The van der Waals surface area contributed by atoms with Crippen LogP contribution in [0, 0.1) is 6.92 Å². The standard InChI is InChI=1S/C14H26N4/c1-4-7-15-14-16-12(2)10-18(14)11-13(3)17-8-5-6-9-17/h10,13H,4-9,11H2,1-3H3,(H,15,16). The molecule has 0 aliphatic carbocycles. The summed E-state index contributed by atoms with van der Waals surface area (Å²) in [7, 11) is 0. The lowest BCUT2D eigenvalue weighted by Crippen LogP contribution is -2.33. The maximum atomic E-state index is 4.56. The lowest BCUT2D eigenvalue weighted by atomic mass is 10.3. The smallest absolute Gasteiger partial charge is 0.203 e. The fourth-order valence-electron chi connectivity index (χ4n) is 2.65. The van der Waals surface area contributed by atoms with E-state index >= 15 is 0 Å². The summed E-state index contributed by atoms with van der Waals surface area (Å²) in [5, 5.41) is 3.41. The molecule has 1 saturated heterocycles. The number of aryl methyl sites for hydroxylation is 1. The quantitative estimate of drug-likeness (QED) is 0.842. The van der Waals surface area contributed by atoms with Crippen molar-refractivity contribution in [1.82, 2.24) is 14.5 Å². The number of hydrogen-bond acceptors (Lipinski definition) is 3. The molecule has 102 valence electrons. The Labute approximate surface area is 110 Å². The highest BCUT2D eigenvalue weighted by molar-refractivity contribution is 5.28. The van der Waals surface area contributed by atoms with Gasteiger partial charge in [0.15, 0.2) is 0 Å². The molecule has 1 unspecified atom stereocenters. The summed E-state index contributed by atoms with van der Waals surface area (Å²) >= 11 is 0. The van der Waals surface area contributed by atoms with Gasteiger partial charge in [0, 0.05) is 25.3 Å². The second-order valence-electron chi connectivity index (χ2n) is 5.38. The summed E-state index contributed by atoms with van der Waals surface area (Å²) < 4.78 is 2.27. The van der Waals surface area contributed by atoms with E-state index < -0.39 is 0 Å². The topological polar surface area (TPSA) is 33.1 Å². The Morgan fingerprint density at radius 2 is 2.11 bits per heavy atom. The van der Waals surface area contributed by atoms with Crippen molar-refractivity contribution in [3.63, 3.8) is 0 Å². The number of anilines is 1. The molecule has 0 aromatic carbocycles. The average Bonchev–Trinajstić information content (AvgIpc) is 2.96. The molecule has 0 amide bonds. The highest BCUT2D eigenvalue weighted by Crippen LogP contribution is 2.16. The monoisotopic (exact) mass is 250 g/mol. The maximum absolute atomic E-state index is 4.56. The predicted octanol–water partition coefficient (Wildman–Crippen LogP) is 2.50. The van der Waals surface area contributed by atoms with E-state index in [-0.39, 0.29) is 0 Å². The summed E-state index contributed by atoms with van der Waals surface area (Å²) in [6, 6.07) is 0.600. The lowest BCUT2D eigenvalue weighted by Gasteiger charge is -2.24. The van der Waals surface area contributed by atoms with Crippen molar-refractivity contribution in [2.45, 2.75) is 52.6 Å². The van der Waals surface area contributed by atoms with Gasteiger partial charge >= 0.3 is 0 Å². The Balaban J connectivity index is 1.98. The second kappa shape index (κ2) is 6.23. The highest BCUT2D eigenvalue weighted by Gasteiger charge is 2.19. The van der Waals surface area contributed by atoms with Crippen molar-refractivity contribution >= 4 is 5.95 Å². The molecule has 1 aromatic heterocycles. The first-order valence-electron chi connectivity index (χ1n) is 7.22. The molecule has 0 bridgehead atoms. The molecular formula is C14H26N4. The number of likely N-dealkylation sites (tertiary alicyclic amines) is 1. The van der Waals surface area contributed by atoms with Gasteiger partial charge in [-0.25, -0.2) is 4.98 Å².